The molecule has 1 aromatic rings. The molecule has 2 atom stereocenters. The molecule has 21 heavy (non-hydrogen) atoms. The lowest BCUT2D eigenvalue weighted by Gasteiger charge is -2.28. The normalized spacial score (nSPS) is 23.0. The minimum atomic E-state index is 0.0909. The Bertz CT molecular complexity index is 443. The van der Waals surface area contributed by atoms with Gasteiger partial charge in [0.25, 0.3) is 0 Å². The average molecular weight is 292 g/mol. The molecule has 0 bridgehead atoms. The highest BCUT2D eigenvalue weighted by atomic mass is 16.5. The fourth-order valence-corrected chi connectivity index (χ4v) is 2.57. The van der Waals surface area contributed by atoms with Gasteiger partial charge in [-0.1, -0.05) is 6.07 Å². The second-order valence-electron chi connectivity index (χ2n) is 6.83. The van der Waals surface area contributed by atoms with Crippen LogP contribution in [-0.2, 0) is 11.3 Å². The standard InChI is InChI=1S/C17H28N2O2/c1-17(2,3)18-12-13-7-5-10-16(19-13)21-15-9-6-8-14(11-15)20-4/h5,7,10,14-15,18H,6,8-9,11-12H2,1-4H3. The highest BCUT2D eigenvalue weighted by Crippen LogP contribution is 2.24. The molecule has 118 valence electrons. The second-order valence-corrected chi connectivity index (χ2v) is 6.83. The van der Waals surface area contributed by atoms with Gasteiger partial charge in [0.1, 0.15) is 6.10 Å². The predicted molar refractivity (Wildman–Crippen MR) is 84.5 cm³/mol. The van der Waals surface area contributed by atoms with Crippen LogP contribution in [0.1, 0.15) is 52.1 Å². The van der Waals surface area contributed by atoms with Crippen LogP contribution in [0.4, 0.5) is 0 Å². The van der Waals surface area contributed by atoms with Crippen molar-refractivity contribution in [2.45, 2.75) is 70.7 Å². The largest absolute Gasteiger partial charge is 0.474 e. The van der Waals surface area contributed by atoms with Crippen LogP contribution >= 0.6 is 0 Å². The summed E-state index contributed by atoms with van der Waals surface area (Å²) in [6.45, 7) is 7.22. The van der Waals surface area contributed by atoms with Crippen LogP contribution in [0, 0.1) is 0 Å². The summed E-state index contributed by atoms with van der Waals surface area (Å²) in [6.07, 6.45) is 4.90. The van der Waals surface area contributed by atoms with Crippen molar-refractivity contribution in [3.63, 3.8) is 0 Å². The zero-order valence-corrected chi connectivity index (χ0v) is 13.7. The van der Waals surface area contributed by atoms with Crippen molar-refractivity contribution in [1.82, 2.24) is 10.3 Å². The van der Waals surface area contributed by atoms with E-state index in [2.05, 4.69) is 31.1 Å². The summed E-state index contributed by atoms with van der Waals surface area (Å²) >= 11 is 0. The quantitative estimate of drug-likeness (QED) is 0.904. The third kappa shape index (κ3) is 5.64. The maximum atomic E-state index is 6.04. The van der Waals surface area contributed by atoms with E-state index in [9.17, 15) is 0 Å². The minimum Gasteiger partial charge on any atom is -0.474 e. The SMILES string of the molecule is COC1CCCC(Oc2cccc(CNC(C)(C)C)n2)C1. The first-order valence-corrected chi connectivity index (χ1v) is 7.87. The fourth-order valence-electron chi connectivity index (χ4n) is 2.57. The highest BCUT2D eigenvalue weighted by molar-refractivity contribution is 5.16. The molecule has 1 N–H and O–H groups in total. The predicted octanol–water partition coefficient (Wildman–Crippen LogP) is 3.31. The number of ether oxygens (including phenoxy) is 2. The highest BCUT2D eigenvalue weighted by Gasteiger charge is 2.23. The molecule has 1 aliphatic rings. The van der Waals surface area contributed by atoms with E-state index in [-0.39, 0.29) is 11.6 Å². The number of hydrogen-bond acceptors (Lipinski definition) is 4. The molecule has 4 heteroatoms. The third-order valence-corrected chi connectivity index (χ3v) is 3.78. The number of aromatic nitrogens is 1. The van der Waals surface area contributed by atoms with E-state index in [0.29, 0.717) is 6.10 Å². The number of methoxy groups -OCH3 is 1. The molecule has 0 amide bonds. The number of rotatable bonds is 5. The lowest BCUT2D eigenvalue weighted by Crippen LogP contribution is -2.35. The molecule has 0 saturated heterocycles. The Balaban J connectivity index is 1.91. The van der Waals surface area contributed by atoms with Crippen molar-refractivity contribution < 1.29 is 9.47 Å². The molecule has 1 heterocycles. The lowest BCUT2D eigenvalue weighted by molar-refractivity contribution is 0.0194. The Morgan fingerprint density at radius 2 is 2.00 bits per heavy atom. The summed E-state index contributed by atoms with van der Waals surface area (Å²) in [7, 11) is 1.78. The molecule has 0 aromatic carbocycles. The van der Waals surface area contributed by atoms with E-state index in [1.807, 2.05) is 18.2 Å². The van der Waals surface area contributed by atoms with E-state index in [1.54, 1.807) is 7.11 Å². The van der Waals surface area contributed by atoms with Gasteiger partial charge in [0, 0.05) is 31.7 Å². The van der Waals surface area contributed by atoms with Crippen molar-refractivity contribution in [2.24, 2.45) is 0 Å². The maximum absolute atomic E-state index is 6.04. The van der Waals surface area contributed by atoms with Crippen LogP contribution in [0.15, 0.2) is 18.2 Å². The van der Waals surface area contributed by atoms with Crippen molar-refractivity contribution in [3.05, 3.63) is 23.9 Å². The van der Waals surface area contributed by atoms with Crippen LogP contribution < -0.4 is 10.1 Å². The average Bonchev–Trinajstić information content (AvgIpc) is 2.45. The Labute approximate surface area is 128 Å². The van der Waals surface area contributed by atoms with Gasteiger partial charge >= 0.3 is 0 Å². The van der Waals surface area contributed by atoms with Gasteiger partial charge < -0.3 is 14.8 Å². The monoisotopic (exact) mass is 292 g/mol. The summed E-state index contributed by atoms with van der Waals surface area (Å²) < 4.78 is 11.5. The summed E-state index contributed by atoms with van der Waals surface area (Å²) in [5.41, 5.74) is 1.11. The van der Waals surface area contributed by atoms with E-state index in [4.69, 9.17) is 9.47 Å². The van der Waals surface area contributed by atoms with Gasteiger partial charge in [-0.3, -0.25) is 0 Å². The Morgan fingerprint density at radius 1 is 1.24 bits per heavy atom. The van der Waals surface area contributed by atoms with Crippen molar-refractivity contribution in [2.75, 3.05) is 7.11 Å². The minimum absolute atomic E-state index is 0.0909. The lowest BCUT2D eigenvalue weighted by atomic mass is 9.95. The molecule has 2 rings (SSSR count). The molecule has 1 aliphatic carbocycles. The topological polar surface area (TPSA) is 43.4 Å². The molecular weight excluding hydrogens is 264 g/mol. The van der Waals surface area contributed by atoms with Gasteiger partial charge in [-0.25, -0.2) is 4.98 Å². The van der Waals surface area contributed by atoms with E-state index < -0.39 is 0 Å². The van der Waals surface area contributed by atoms with E-state index in [0.717, 1.165) is 43.8 Å². The Hall–Kier alpha value is -1.13. The van der Waals surface area contributed by atoms with Crippen LogP contribution in [-0.4, -0.2) is 29.8 Å². The zero-order valence-electron chi connectivity index (χ0n) is 13.7. The number of pyridine rings is 1. The summed E-state index contributed by atoms with van der Waals surface area (Å²) in [4.78, 5) is 4.60. The van der Waals surface area contributed by atoms with Crippen molar-refractivity contribution in [1.29, 1.82) is 0 Å². The molecule has 0 radical (unpaired) electrons. The summed E-state index contributed by atoms with van der Waals surface area (Å²) in [5, 5.41) is 3.45. The number of hydrogen-bond donors (Lipinski definition) is 1. The second kappa shape index (κ2) is 7.23. The molecule has 0 aliphatic heterocycles. The van der Waals surface area contributed by atoms with Gasteiger partial charge in [-0.05, 0) is 46.1 Å². The number of nitrogens with zero attached hydrogens (tertiary/aromatic N) is 1. The Morgan fingerprint density at radius 3 is 2.71 bits per heavy atom. The summed E-state index contributed by atoms with van der Waals surface area (Å²) in [6, 6.07) is 5.99. The maximum Gasteiger partial charge on any atom is 0.213 e. The molecule has 1 aromatic heterocycles. The first-order valence-electron chi connectivity index (χ1n) is 7.87. The molecule has 2 unspecified atom stereocenters. The smallest absolute Gasteiger partial charge is 0.213 e. The van der Waals surface area contributed by atoms with Crippen LogP contribution in [0.3, 0.4) is 0 Å². The van der Waals surface area contributed by atoms with Gasteiger partial charge in [0.15, 0.2) is 0 Å². The van der Waals surface area contributed by atoms with Gasteiger partial charge in [-0.2, -0.15) is 0 Å². The molecule has 4 nitrogen and oxygen atoms in total. The molecule has 0 spiro atoms. The van der Waals surface area contributed by atoms with Crippen molar-refractivity contribution >= 4 is 0 Å². The van der Waals surface area contributed by atoms with Gasteiger partial charge in [0.2, 0.25) is 5.88 Å². The van der Waals surface area contributed by atoms with Crippen LogP contribution in [0.5, 0.6) is 5.88 Å². The Kier molecular flexibility index (Phi) is 5.59. The molecule has 1 fully saturated rings. The first-order chi connectivity index (χ1) is 9.96. The van der Waals surface area contributed by atoms with Crippen LogP contribution in [0.2, 0.25) is 0 Å². The molecular formula is C17H28N2O2. The first kappa shape index (κ1) is 16.2. The van der Waals surface area contributed by atoms with Gasteiger partial charge in [0.05, 0.1) is 11.8 Å². The summed E-state index contributed by atoms with van der Waals surface area (Å²) in [5.74, 6) is 0.727. The molecule has 1 saturated carbocycles. The zero-order chi connectivity index (χ0) is 15.3. The van der Waals surface area contributed by atoms with Crippen LogP contribution in [0.25, 0.3) is 0 Å². The third-order valence-electron chi connectivity index (χ3n) is 3.78. The van der Waals surface area contributed by atoms with E-state index in [1.165, 1.54) is 0 Å². The fraction of sp³-hybridized carbons (Fsp3) is 0.706. The van der Waals surface area contributed by atoms with Gasteiger partial charge in [-0.15, -0.1) is 0 Å². The van der Waals surface area contributed by atoms with E-state index >= 15 is 0 Å². The van der Waals surface area contributed by atoms with Crippen molar-refractivity contribution in [3.8, 4) is 5.88 Å². The number of nitrogens with one attached hydrogen (secondary N) is 1.